The maximum Gasteiger partial charge on any atom is 0.167 e. The van der Waals surface area contributed by atoms with Crippen LogP contribution in [0.2, 0.25) is 0 Å². The van der Waals surface area contributed by atoms with Gasteiger partial charge in [-0.1, -0.05) is 121 Å². The first kappa shape index (κ1) is 15.2. The number of aromatic nitrogens is 3. The fraction of sp³-hybridized carbons (Fsp3) is 0. The van der Waals surface area contributed by atoms with E-state index in [9.17, 15) is 0 Å². The molecule has 176 valence electrons. The van der Waals surface area contributed by atoms with E-state index in [0.717, 1.165) is 28.8 Å². The largest absolute Gasteiger partial charge is 0.208 e. The molecule has 0 aliphatic rings. The number of hydrogen-bond acceptors (Lipinski definition) is 3. The van der Waals surface area contributed by atoms with Crippen LogP contribution in [0.15, 0.2) is 133 Å². The summed E-state index contributed by atoms with van der Waals surface area (Å²) in [4.78, 5) is 13.2. The van der Waals surface area contributed by atoms with Gasteiger partial charge >= 0.3 is 0 Å². The van der Waals surface area contributed by atoms with Crippen molar-refractivity contribution in [2.75, 3.05) is 0 Å². The van der Waals surface area contributed by atoms with E-state index in [1.54, 1.807) is 12.1 Å². The van der Waals surface area contributed by atoms with E-state index in [2.05, 4.69) is 15.0 Å². The molecule has 0 saturated carbocycles. The zero-order valence-corrected chi connectivity index (χ0v) is 19.3. The predicted molar refractivity (Wildman–Crippen MR) is 147 cm³/mol. The second-order valence-corrected chi connectivity index (χ2v) is 8.10. The van der Waals surface area contributed by atoms with Crippen molar-refractivity contribution >= 4 is 0 Å². The predicted octanol–water partition coefficient (Wildman–Crippen LogP) is 8.35. The van der Waals surface area contributed by atoms with E-state index in [4.69, 9.17) is 11.0 Å². The molecular formula is C33H22FN3. The maximum atomic E-state index is 15.5. The normalized spacial score (nSPS) is 13.9. The third-order valence-corrected chi connectivity index (χ3v) is 5.75. The Hall–Kier alpha value is -4.96. The van der Waals surface area contributed by atoms with Crippen LogP contribution < -0.4 is 0 Å². The molecule has 0 aliphatic heterocycles. The molecule has 0 radical (unpaired) electrons. The Morgan fingerprint density at radius 2 is 0.973 bits per heavy atom. The summed E-state index contributed by atoms with van der Waals surface area (Å²) in [5.41, 5.74) is 3.29. The zero-order chi connectivity index (χ0) is 32.0. The average Bonchev–Trinajstić information content (AvgIpc) is 3.06. The lowest BCUT2D eigenvalue weighted by atomic mass is 9.99. The summed E-state index contributed by atoms with van der Waals surface area (Å²) in [5, 5.41) is 0. The monoisotopic (exact) mass is 487 g/mol. The van der Waals surface area contributed by atoms with Crippen molar-refractivity contribution in [3.05, 3.63) is 139 Å². The van der Waals surface area contributed by atoms with Crippen LogP contribution in [0, 0.1) is 5.82 Å². The van der Waals surface area contributed by atoms with Crippen molar-refractivity contribution in [2.45, 2.75) is 0 Å². The highest BCUT2D eigenvalue weighted by Gasteiger charge is 2.16. The molecule has 0 amide bonds. The van der Waals surface area contributed by atoms with Gasteiger partial charge in [0.15, 0.2) is 17.5 Å². The second kappa shape index (κ2) is 9.96. The van der Waals surface area contributed by atoms with Gasteiger partial charge in [0.1, 0.15) is 5.82 Å². The summed E-state index contributed by atoms with van der Waals surface area (Å²) in [7, 11) is 0. The molecule has 4 heteroatoms. The molecule has 37 heavy (non-hydrogen) atoms. The van der Waals surface area contributed by atoms with Gasteiger partial charge in [0.05, 0.1) is 16.5 Å². The topological polar surface area (TPSA) is 38.7 Å². The zero-order valence-electron chi connectivity index (χ0n) is 27.3. The van der Waals surface area contributed by atoms with E-state index < -0.39 is 42.1 Å². The van der Waals surface area contributed by atoms with Crippen LogP contribution in [0.5, 0.6) is 0 Å². The van der Waals surface area contributed by atoms with Crippen LogP contribution in [-0.4, -0.2) is 15.0 Å². The van der Waals surface area contributed by atoms with Crippen molar-refractivity contribution in [3.8, 4) is 56.4 Å². The van der Waals surface area contributed by atoms with Crippen LogP contribution in [-0.2, 0) is 0 Å². The molecule has 0 spiro atoms. The van der Waals surface area contributed by atoms with Crippen LogP contribution in [0.4, 0.5) is 4.39 Å². The van der Waals surface area contributed by atoms with Gasteiger partial charge in [-0.2, -0.15) is 0 Å². The standard InChI is InChI=1S/C33H22FN3/c34-30-21-20-28(25-18-16-24(17-19-25)23-10-4-1-5-11-23)22-29(30)33-36-31(26-12-6-2-7-13-26)35-32(37-33)27-14-8-3-9-15-27/h1-22H/i2D,3D,6D,7D,8D,9D,12D,14D. The lowest BCUT2D eigenvalue weighted by Gasteiger charge is -2.11. The van der Waals surface area contributed by atoms with Gasteiger partial charge in [0, 0.05) is 11.1 Å². The number of benzene rings is 5. The Morgan fingerprint density at radius 3 is 1.59 bits per heavy atom. The number of rotatable bonds is 5. The Morgan fingerprint density at radius 1 is 0.459 bits per heavy atom. The van der Waals surface area contributed by atoms with Gasteiger partial charge in [0.2, 0.25) is 0 Å². The molecule has 0 unspecified atom stereocenters. The Labute approximate surface area is 226 Å². The van der Waals surface area contributed by atoms with Crippen molar-refractivity contribution < 1.29 is 15.4 Å². The Balaban J connectivity index is 1.54. The smallest absolute Gasteiger partial charge is 0.167 e. The molecule has 3 nitrogen and oxygen atoms in total. The summed E-state index contributed by atoms with van der Waals surface area (Å²) < 4.78 is 80.6. The van der Waals surface area contributed by atoms with Crippen molar-refractivity contribution in [1.29, 1.82) is 0 Å². The highest BCUT2D eigenvalue weighted by molar-refractivity contribution is 5.75. The number of nitrogens with zero attached hydrogens (tertiary/aromatic N) is 3. The first-order valence-corrected chi connectivity index (χ1v) is 11.4. The van der Waals surface area contributed by atoms with E-state index in [1.807, 2.05) is 54.6 Å². The van der Waals surface area contributed by atoms with Gasteiger partial charge in [-0.25, -0.2) is 19.3 Å². The Kier molecular flexibility index (Phi) is 4.09. The minimum Gasteiger partial charge on any atom is -0.208 e. The van der Waals surface area contributed by atoms with E-state index >= 15 is 4.39 Å². The van der Waals surface area contributed by atoms with Crippen molar-refractivity contribution in [3.63, 3.8) is 0 Å². The fourth-order valence-corrected chi connectivity index (χ4v) is 3.90. The molecule has 6 aromatic rings. The summed E-state index contributed by atoms with van der Waals surface area (Å²) in [6.45, 7) is 0. The molecule has 0 bridgehead atoms. The third-order valence-electron chi connectivity index (χ3n) is 5.75. The van der Waals surface area contributed by atoms with E-state index in [0.29, 0.717) is 5.56 Å². The van der Waals surface area contributed by atoms with Crippen molar-refractivity contribution in [2.24, 2.45) is 0 Å². The molecule has 0 saturated heterocycles. The molecule has 0 aliphatic carbocycles. The SMILES string of the molecule is [2H]c1cc(-c2nc(-c3cc(-c4ccc(-c5ccccc5)cc4)ccc3F)nc(-c3cc([2H])c([2H])c([2H])c3[2H])n2)c([2H])c([2H])c1[2H]. The van der Waals surface area contributed by atoms with Crippen LogP contribution in [0.3, 0.4) is 0 Å². The summed E-state index contributed by atoms with van der Waals surface area (Å²) in [6, 6.07) is 20.8. The molecule has 0 atom stereocenters. The number of halogens is 1. The summed E-state index contributed by atoms with van der Waals surface area (Å²) >= 11 is 0. The molecule has 6 rings (SSSR count). The minimum atomic E-state index is -0.673. The second-order valence-electron chi connectivity index (χ2n) is 8.10. The fourth-order valence-electron chi connectivity index (χ4n) is 3.90. The first-order valence-electron chi connectivity index (χ1n) is 15.4. The van der Waals surface area contributed by atoms with Crippen LogP contribution >= 0.6 is 0 Å². The van der Waals surface area contributed by atoms with Gasteiger partial charge in [-0.15, -0.1) is 0 Å². The van der Waals surface area contributed by atoms with Crippen molar-refractivity contribution in [1.82, 2.24) is 15.0 Å². The lowest BCUT2D eigenvalue weighted by molar-refractivity contribution is 0.630. The summed E-state index contributed by atoms with van der Waals surface area (Å²) in [6.07, 6.45) is 0. The van der Waals surface area contributed by atoms with Gasteiger partial charge in [0.25, 0.3) is 0 Å². The molecule has 0 N–H and O–H groups in total. The third kappa shape index (κ3) is 4.78. The maximum absolute atomic E-state index is 15.5. The lowest BCUT2D eigenvalue weighted by Crippen LogP contribution is -2.01. The van der Waals surface area contributed by atoms with E-state index in [1.165, 1.54) is 6.07 Å². The number of hydrogen-bond donors (Lipinski definition) is 0. The quantitative estimate of drug-likeness (QED) is 0.245. The highest BCUT2D eigenvalue weighted by atomic mass is 19.1. The van der Waals surface area contributed by atoms with Gasteiger partial charge in [-0.3, -0.25) is 0 Å². The van der Waals surface area contributed by atoms with E-state index in [-0.39, 0.29) is 46.2 Å². The van der Waals surface area contributed by atoms with Gasteiger partial charge in [-0.05, 0) is 34.4 Å². The average molecular weight is 488 g/mol. The molecule has 1 aromatic heterocycles. The first-order chi connectivity index (χ1) is 21.5. The highest BCUT2D eigenvalue weighted by Crippen LogP contribution is 2.31. The molecule has 0 fully saturated rings. The minimum absolute atomic E-state index is 0.0359. The molecule has 5 aromatic carbocycles. The molecular weight excluding hydrogens is 457 g/mol. The Bertz CT molecular complexity index is 2020. The summed E-state index contributed by atoms with van der Waals surface area (Å²) in [5.74, 6) is -1.29. The van der Waals surface area contributed by atoms with Crippen LogP contribution in [0.1, 0.15) is 11.0 Å². The van der Waals surface area contributed by atoms with Crippen LogP contribution in [0.25, 0.3) is 56.4 Å². The van der Waals surface area contributed by atoms with Gasteiger partial charge < -0.3 is 0 Å². The molecule has 1 heterocycles.